The normalized spacial score (nSPS) is 30.5. The molecule has 0 aromatic carbocycles. The van der Waals surface area contributed by atoms with E-state index < -0.39 is 0 Å². The van der Waals surface area contributed by atoms with Crippen molar-refractivity contribution in [1.82, 2.24) is 0 Å². The van der Waals surface area contributed by atoms with Gasteiger partial charge in [0.25, 0.3) is 0 Å². The second-order valence-electron chi connectivity index (χ2n) is 6.87. The van der Waals surface area contributed by atoms with E-state index in [0.717, 1.165) is 32.0 Å². The van der Waals surface area contributed by atoms with E-state index in [0.29, 0.717) is 5.41 Å². The molecular weight excluding hydrogens is 210 g/mol. The minimum absolute atomic E-state index is 0.0511. The molecule has 1 fully saturated rings. The Hall–Kier alpha value is -0.0800. The van der Waals surface area contributed by atoms with Gasteiger partial charge in [-0.2, -0.15) is 0 Å². The first-order valence-electron chi connectivity index (χ1n) is 7.24. The topological polar surface area (TPSA) is 35.2 Å². The maximum absolute atomic E-state index is 6.47. The van der Waals surface area contributed by atoms with Crippen LogP contribution in [0.3, 0.4) is 0 Å². The van der Waals surface area contributed by atoms with Crippen LogP contribution in [0.2, 0.25) is 0 Å². The highest BCUT2D eigenvalue weighted by Crippen LogP contribution is 2.41. The molecule has 2 heteroatoms. The van der Waals surface area contributed by atoms with Crippen LogP contribution in [-0.4, -0.2) is 18.8 Å². The fourth-order valence-corrected chi connectivity index (χ4v) is 2.83. The van der Waals surface area contributed by atoms with Gasteiger partial charge in [0.05, 0.1) is 0 Å². The molecule has 0 unspecified atom stereocenters. The van der Waals surface area contributed by atoms with E-state index in [4.69, 9.17) is 10.5 Å². The summed E-state index contributed by atoms with van der Waals surface area (Å²) in [4.78, 5) is 0. The molecule has 1 rings (SSSR count). The average Bonchev–Trinajstić information content (AvgIpc) is 2.24. The lowest BCUT2D eigenvalue weighted by molar-refractivity contribution is 0.0832. The third-order valence-corrected chi connectivity index (χ3v) is 4.30. The van der Waals surface area contributed by atoms with Crippen molar-refractivity contribution in [3.8, 4) is 0 Å². The van der Waals surface area contributed by atoms with Gasteiger partial charge < -0.3 is 10.5 Å². The first-order valence-corrected chi connectivity index (χ1v) is 7.24. The van der Waals surface area contributed by atoms with Crippen molar-refractivity contribution >= 4 is 0 Å². The largest absolute Gasteiger partial charge is 0.381 e. The van der Waals surface area contributed by atoms with Gasteiger partial charge >= 0.3 is 0 Å². The van der Waals surface area contributed by atoms with Gasteiger partial charge in [0.1, 0.15) is 0 Å². The Balaban J connectivity index is 2.29. The van der Waals surface area contributed by atoms with Crippen molar-refractivity contribution in [1.29, 1.82) is 0 Å². The molecule has 0 radical (unpaired) electrons. The Morgan fingerprint density at radius 2 is 1.76 bits per heavy atom. The van der Waals surface area contributed by atoms with Crippen molar-refractivity contribution in [3.63, 3.8) is 0 Å². The van der Waals surface area contributed by atoms with Gasteiger partial charge in [-0.3, -0.25) is 0 Å². The van der Waals surface area contributed by atoms with Gasteiger partial charge in [0.2, 0.25) is 0 Å². The van der Waals surface area contributed by atoms with E-state index in [1.807, 2.05) is 0 Å². The standard InChI is InChI=1S/C15H31NO/c1-5-11-17-12-10-15(16)8-6-13(7-9-15)14(2,3)4/h13H,5-12,16H2,1-4H3. The van der Waals surface area contributed by atoms with E-state index in [-0.39, 0.29) is 5.54 Å². The molecule has 2 N–H and O–H groups in total. The summed E-state index contributed by atoms with van der Waals surface area (Å²) in [7, 11) is 0. The molecule has 2 nitrogen and oxygen atoms in total. The summed E-state index contributed by atoms with van der Waals surface area (Å²) in [6, 6.07) is 0. The average molecular weight is 241 g/mol. The van der Waals surface area contributed by atoms with Gasteiger partial charge in [-0.25, -0.2) is 0 Å². The molecule has 0 spiro atoms. The van der Waals surface area contributed by atoms with Gasteiger partial charge in [0, 0.05) is 18.8 Å². The zero-order valence-electron chi connectivity index (χ0n) is 12.2. The maximum atomic E-state index is 6.47. The molecule has 0 amide bonds. The first kappa shape index (κ1) is 15.0. The highest BCUT2D eigenvalue weighted by molar-refractivity contribution is 4.92. The number of hydrogen-bond acceptors (Lipinski definition) is 2. The van der Waals surface area contributed by atoms with Crippen molar-refractivity contribution in [2.45, 2.75) is 71.8 Å². The minimum atomic E-state index is 0.0511. The van der Waals surface area contributed by atoms with Crippen LogP contribution in [0.25, 0.3) is 0 Å². The van der Waals surface area contributed by atoms with E-state index in [1.165, 1.54) is 25.7 Å². The minimum Gasteiger partial charge on any atom is -0.381 e. The molecule has 1 aliphatic carbocycles. The lowest BCUT2D eigenvalue weighted by atomic mass is 9.67. The molecule has 0 heterocycles. The van der Waals surface area contributed by atoms with Crippen molar-refractivity contribution in [3.05, 3.63) is 0 Å². The van der Waals surface area contributed by atoms with Gasteiger partial charge in [-0.1, -0.05) is 27.7 Å². The summed E-state index contributed by atoms with van der Waals surface area (Å²) in [6.07, 6.45) is 7.05. The van der Waals surface area contributed by atoms with Gasteiger partial charge in [0.15, 0.2) is 0 Å². The van der Waals surface area contributed by atoms with E-state index in [1.54, 1.807) is 0 Å². The highest BCUT2D eigenvalue weighted by atomic mass is 16.5. The zero-order valence-corrected chi connectivity index (χ0v) is 12.2. The molecule has 1 saturated carbocycles. The van der Waals surface area contributed by atoms with Gasteiger partial charge in [-0.05, 0) is 49.9 Å². The third kappa shape index (κ3) is 4.97. The molecule has 0 bridgehead atoms. The van der Waals surface area contributed by atoms with Crippen LogP contribution in [0.15, 0.2) is 0 Å². The van der Waals surface area contributed by atoms with Crippen LogP contribution in [-0.2, 0) is 4.74 Å². The van der Waals surface area contributed by atoms with Gasteiger partial charge in [-0.15, -0.1) is 0 Å². The summed E-state index contributed by atoms with van der Waals surface area (Å²) < 4.78 is 5.56. The zero-order chi connectivity index (χ0) is 12.9. The predicted molar refractivity (Wildman–Crippen MR) is 74.1 cm³/mol. The lowest BCUT2D eigenvalue weighted by Gasteiger charge is -2.42. The number of nitrogens with two attached hydrogens (primary N) is 1. The van der Waals surface area contributed by atoms with E-state index >= 15 is 0 Å². The van der Waals surface area contributed by atoms with Crippen molar-refractivity contribution in [2.75, 3.05) is 13.2 Å². The maximum Gasteiger partial charge on any atom is 0.0483 e. The molecule has 0 aromatic heterocycles. The molecule has 0 saturated heterocycles. The monoisotopic (exact) mass is 241 g/mol. The summed E-state index contributed by atoms with van der Waals surface area (Å²) in [5, 5.41) is 0. The summed E-state index contributed by atoms with van der Waals surface area (Å²) in [6.45, 7) is 10.9. The van der Waals surface area contributed by atoms with E-state index in [9.17, 15) is 0 Å². The smallest absolute Gasteiger partial charge is 0.0483 e. The summed E-state index contributed by atoms with van der Waals surface area (Å²) in [5.74, 6) is 0.843. The van der Waals surface area contributed by atoms with Crippen LogP contribution < -0.4 is 5.73 Å². The number of hydrogen-bond donors (Lipinski definition) is 1. The Kier molecular flexibility index (Phi) is 5.46. The second-order valence-corrected chi connectivity index (χ2v) is 6.87. The van der Waals surface area contributed by atoms with Crippen LogP contribution in [0.5, 0.6) is 0 Å². The Morgan fingerprint density at radius 1 is 1.18 bits per heavy atom. The Morgan fingerprint density at radius 3 is 2.24 bits per heavy atom. The first-order chi connectivity index (χ1) is 7.87. The fourth-order valence-electron chi connectivity index (χ4n) is 2.83. The van der Waals surface area contributed by atoms with Crippen molar-refractivity contribution in [2.24, 2.45) is 17.1 Å². The molecule has 0 aliphatic heterocycles. The predicted octanol–water partition coefficient (Wildman–Crippen LogP) is 3.74. The van der Waals surface area contributed by atoms with Crippen LogP contribution in [0.4, 0.5) is 0 Å². The Labute approximate surface area is 107 Å². The third-order valence-electron chi connectivity index (χ3n) is 4.30. The quantitative estimate of drug-likeness (QED) is 0.744. The second kappa shape index (κ2) is 6.19. The van der Waals surface area contributed by atoms with Crippen LogP contribution in [0, 0.1) is 11.3 Å². The molecule has 17 heavy (non-hydrogen) atoms. The molecule has 1 aliphatic rings. The number of rotatable bonds is 5. The van der Waals surface area contributed by atoms with Crippen molar-refractivity contribution < 1.29 is 4.74 Å². The summed E-state index contributed by atoms with van der Waals surface area (Å²) >= 11 is 0. The van der Waals surface area contributed by atoms with Crippen LogP contribution in [0.1, 0.15) is 66.2 Å². The highest BCUT2D eigenvalue weighted by Gasteiger charge is 2.35. The molecule has 0 aromatic rings. The fraction of sp³-hybridized carbons (Fsp3) is 1.00. The molecule has 0 atom stereocenters. The molecule has 102 valence electrons. The summed E-state index contributed by atoms with van der Waals surface area (Å²) in [5.41, 5.74) is 6.96. The Bertz CT molecular complexity index is 211. The number of ether oxygens (including phenoxy) is 1. The SMILES string of the molecule is CCCOCCC1(N)CCC(C(C)(C)C)CC1. The van der Waals surface area contributed by atoms with E-state index in [2.05, 4.69) is 27.7 Å². The lowest BCUT2D eigenvalue weighted by Crippen LogP contribution is -2.45. The molecular formula is C15H31NO. The van der Waals surface area contributed by atoms with Crippen LogP contribution >= 0.6 is 0 Å².